The van der Waals surface area contributed by atoms with E-state index in [0.717, 1.165) is 19.6 Å². The Labute approximate surface area is 104 Å². The van der Waals surface area contributed by atoms with Gasteiger partial charge in [0.15, 0.2) is 5.58 Å². The number of fused-ring (bicyclic) bond motifs is 1. The normalized spacial score (nSPS) is 21.1. The van der Waals surface area contributed by atoms with Crippen LogP contribution < -0.4 is 10.2 Å². The maximum absolute atomic E-state index is 5.82. The molecular formula is C11H13ClN4O. The smallest absolute Gasteiger partial charge is 0.300 e. The fourth-order valence-electron chi connectivity index (χ4n) is 2.03. The summed E-state index contributed by atoms with van der Waals surface area (Å²) in [5, 5.41) is 3.81. The minimum absolute atomic E-state index is 0.436. The fourth-order valence-corrected chi connectivity index (χ4v) is 2.17. The van der Waals surface area contributed by atoms with Gasteiger partial charge in [-0.3, -0.25) is 0 Å². The van der Waals surface area contributed by atoms with E-state index in [1.165, 1.54) is 0 Å². The molecular weight excluding hydrogens is 240 g/mol. The molecule has 3 rings (SSSR count). The molecule has 90 valence electrons. The number of nitrogens with one attached hydrogen (secondary N) is 1. The third kappa shape index (κ3) is 2.08. The van der Waals surface area contributed by atoms with E-state index < -0.39 is 0 Å². The summed E-state index contributed by atoms with van der Waals surface area (Å²) >= 11 is 5.82. The van der Waals surface area contributed by atoms with Gasteiger partial charge in [0.25, 0.3) is 6.01 Å². The van der Waals surface area contributed by atoms with Crippen LogP contribution in [0.3, 0.4) is 0 Å². The lowest BCUT2D eigenvalue weighted by molar-refractivity contribution is 0.453. The monoisotopic (exact) mass is 252 g/mol. The predicted molar refractivity (Wildman–Crippen MR) is 66.5 cm³/mol. The van der Waals surface area contributed by atoms with Crippen LogP contribution in [0.25, 0.3) is 11.2 Å². The van der Waals surface area contributed by atoms with Gasteiger partial charge in [0.05, 0.1) is 0 Å². The van der Waals surface area contributed by atoms with Crippen molar-refractivity contribution in [3.8, 4) is 0 Å². The number of halogens is 1. The first-order valence-corrected chi connectivity index (χ1v) is 6.01. The van der Waals surface area contributed by atoms with E-state index in [4.69, 9.17) is 16.0 Å². The van der Waals surface area contributed by atoms with E-state index in [1.807, 2.05) is 0 Å². The average Bonchev–Trinajstić information content (AvgIpc) is 2.72. The maximum Gasteiger partial charge on any atom is 0.300 e. The van der Waals surface area contributed by atoms with Gasteiger partial charge in [-0.2, -0.15) is 4.98 Å². The number of anilines is 1. The zero-order chi connectivity index (χ0) is 11.8. The molecule has 1 saturated heterocycles. The van der Waals surface area contributed by atoms with Crippen molar-refractivity contribution in [2.45, 2.75) is 13.0 Å². The van der Waals surface area contributed by atoms with Crippen molar-refractivity contribution in [1.29, 1.82) is 0 Å². The Hall–Kier alpha value is -1.33. The van der Waals surface area contributed by atoms with Crippen LogP contribution in [0.1, 0.15) is 6.92 Å². The van der Waals surface area contributed by atoms with Crippen molar-refractivity contribution < 1.29 is 4.42 Å². The van der Waals surface area contributed by atoms with Crippen molar-refractivity contribution in [3.05, 3.63) is 17.3 Å². The Balaban J connectivity index is 1.94. The van der Waals surface area contributed by atoms with Crippen LogP contribution in [0.2, 0.25) is 5.15 Å². The predicted octanol–water partition coefficient (Wildman–Crippen LogP) is 1.67. The lowest BCUT2D eigenvalue weighted by Crippen LogP contribution is -2.49. The standard InChI is InChI=1S/C11H13ClN4O/c1-7-6-16(5-4-13-7)11-15-10-8(17-11)2-3-9(12)14-10/h2-3,7,13H,4-6H2,1H3. The Morgan fingerprint density at radius 3 is 3.18 bits per heavy atom. The second-order valence-electron chi connectivity index (χ2n) is 4.25. The summed E-state index contributed by atoms with van der Waals surface area (Å²) < 4.78 is 5.68. The highest BCUT2D eigenvalue weighted by atomic mass is 35.5. The molecule has 1 N–H and O–H groups in total. The van der Waals surface area contributed by atoms with Gasteiger partial charge in [-0.25, -0.2) is 4.98 Å². The zero-order valence-electron chi connectivity index (χ0n) is 9.48. The van der Waals surface area contributed by atoms with Gasteiger partial charge in [-0.1, -0.05) is 11.6 Å². The molecule has 0 saturated carbocycles. The molecule has 1 unspecified atom stereocenters. The number of hydrogen-bond acceptors (Lipinski definition) is 5. The van der Waals surface area contributed by atoms with Gasteiger partial charge in [-0.15, -0.1) is 0 Å². The van der Waals surface area contributed by atoms with Gasteiger partial charge in [0.2, 0.25) is 5.65 Å². The van der Waals surface area contributed by atoms with Crippen LogP contribution in [0, 0.1) is 0 Å². The highest BCUT2D eigenvalue weighted by molar-refractivity contribution is 6.29. The van der Waals surface area contributed by atoms with E-state index >= 15 is 0 Å². The van der Waals surface area contributed by atoms with E-state index in [9.17, 15) is 0 Å². The average molecular weight is 253 g/mol. The summed E-state index contributed by atoms with van der Waals surface area (Å²) in [7, 11) is 0. The largest absolute Gasteiger partial charge is 0.422 e. The Bertz CT molecular complexity index is 541. The van der Waals surface area contributed by atoms with Crippen LogP contribution >= 0.6 is 11.6 Å². The highest BCUT2D eigenvalue weighted by Crippen LogP contribution is 2.22. The third-order valence-electron chi connectivity index (χ3n) is 2.85. The maximum atomic E-state index is 5.82. The lowest BCUT2D eigenvalue weighted by atomic mass is 10.2. The van der Waals surface area contributed by atoms with E-state index in [0.29, 0.717) is 28.4 Å². The van der Waals surface area contributed by atoms with Gasteiger partial charge in [0, 0.05) is 25.7 Å². The number of pyridine rings is 1. The molecule has 6 heteroatoms. The zero-order valence-corrected chi connectivity index (χ0v) is 10.2. The number of oxazole rings is 1. The first kappa shape index (κ1) is 10.8. The quantitative estimate of drug-likeness (QED) is 0.783. The van der Waals surface area contributed by atoms with Crippen molar-refractivity contribution in [1.82, 2.24) is 15.3 Å². The lowest BCUT2D eigenvalue weighted by Gasteiger charge is -2.30. The van der Waals surface area contributed by atoms with Gasteiger partial charge >= 0.3 is 0 Å². The first-order chi connectivity index (χ1) is 8.22. The van der Waals surface area contributed by atoms with E-state index in [1.54, 1.807) is 12.1 Å². The summed E-state index contributed by atoms with van der Waals surface area (Å²) in [6, 6.07) is 4.57. The second-order valence-corrected chi connectivity index (χ2v) is 4.64. The summed E-state index contributed by atoms with van der Waals surface area (Å²) in [6.07, 6.45) is 0. The number of rotatable bonds is 1. The van der Waals surface area contributed by atoms with Crippen LogP contribution in [0.15, 0.2) is 16.5 Å². The molecule has 0 radical (unpaired) electrons. The van der Waals surface area contributed by atoms with E-state index in [-0.39, 0.29) is 0 Å². The van der Waals surface area contributed by atoms with Crippen molar-refractivity contribution in [2.24, 2.45) is 0 Å². The van der Waals surface area contributed by atoms with Crippen LogP contribution in [-0.4, -0.2) is 35.6 Å². The van der Waals surface area contributed by atoms with Crippen LogP contribution in [0.5, 0.6) is 0 Å². The molecule has 17 heavy (non-hydrogen) atoms. The minimum atomic E-state index is 0.436. The number of aromatic nitrogens is 2. The molecule has 0 aromatic carbocycles. The third-order valence-corrected chi connectivity index (χ3v) is 3.06. The minimum Gasteiger partial charge on any atom is -0.422 e. The molecule has 1 atom stereocenters. The first-order valence-electron chi connectivity index (χ1n) is 5.64. The van der Waals surface area contributed by atoms with Crippen molar-refractivity contribution in [3.63, 3.8) is 0 Å². The Morgan fingerprint density at radius 1 is 1.47 bits per heavy atom. The number of hydrogen-bond donors (Lipinski definition) is 1. The molecule has 1 fully saturated rings. The summed E-state index contributed by atoms with van der Waals surface area (Å²) in [5.41, 5.74) is 1.24. The highest BCUT2D eigenvalue weighted by Gasteiger charge is 2.20. The second kappa shape index (κ2) is 4.16. The molecule has 0 amide bonds. The number of nitrogens with zero attached hydrogens (tertiary/aromatic N) is 3. The molecule has 1 aliphatic heterocycles. The summed E-state index contributed by atoms with van der Waals surface area (Å²) in [6.45, 7) is 4.86. The summed E-state index contributed by atoms with van der Waals surface area (Å²) in [5.74, 6) is 0. The topological polar surface area (TPSA) is 54.2 Å². The van der Waals surface area contributed by atoms with E-state index in [2.05, 4.69) is 27.1 Å². The molecule has 5 nitrogen and oxygen atoms in total. The Kier molecular flexibility index (Phi) is 2.64. The molecule has 3 heterocycles. The van der Waals surface area contributed by atoms with Crippen molar-refractivity contribution in [2.75, 3.05) is 24.5 Å². The van der Waals surface area contributed by atoms with Gasteiger partial charge in [0.1, 0.15) is 5.15 Å². The molecule has 1 aliphatic rings. The molecule has 2 aromatic rings. The molecule has 0 spiro atoms. The summed E-state index contributed by atoms with van der Waals surface area (Å²) in [4.78, 5) is 10.6. The molecule has 0 aliphatic carbocycles. The fraction of sp³-hybridized carbons (Fsp3) is 0.455. The van der Waals surface area contributed by atoms with Gasteiger partial charge in [-0.05, 0) is 19.1 Å². The molecule has 2 aromatic heterocycles. The van der Waals surface area contributed by atoms with Crippen LogP contribution in [-0.2, 0) is 0 Å². The number of piperazine rings is 1. The Morgan fingerprint density at radius 2 is 2.35 bits per heavy atom. The van der Waals surface area contributed by atoms with Gasteiger partial charge < -0.3 is 14.6 Å². The van der Waals surface area contributed by atoms with Crippen molar-refractivity contribution >= 4 is 28.8 Å². The SMILES string of the molecule is CC1CN(c2nc3nc(Cl)ccc3o2)CCN1. The van der Waals surface area contributed by atoms with Crippen LogP contribution in [0.4, 0.5) is 6.01 Å². The molecule has 0 bridgehead atoms.